The van der Waals surface area contributed by atoms with Gasteiger partial charge in [0.05, 0.1) is 6.42 Å². The second kappa shape index (κ2) is 8.62. The molecule has 0 saturated carbocycles. The molecule has 0 aliphatic heterocycles. The summed E-state index contributed by atoms with van der Waals surface area (Å²) in [7, 11) is 0. The lowest BCUT2D eigenvalue weighted by Gasteiger charge is -2.15. The molecule has 0 radical (unpaired) electrons. The zero-order valence-corrected chi connectivity index (χ0v) is 10.9. The smallest absolute Gasteiger partial charge is 0.305 e. The molecule has 20 heavy (non-hydrogen) atoms. The van der Waals surface area contributed by atoms with E-state index in [-0.39, 0.29) is 12.8 Å². The van der Waals surface area contributed by atoms with Crippen molar-refractivity contribution in [3.8, 4) is 0 Å². The largest absolute Gasteiger partial charge is 0.481 e. The molecular formula is C11H16N2O7. The molecule has 9 heteroatoms. The maximum absolute atomic E-state index is 11.6. The van der Waals surface area contributed by atoms with Crippen molar-refractivity contribution in [3.63, 3.8) is 0 Å². The molecule has 9 nitrogen and oxygen atoms in total. The van der Waals surface area contributed by atoms with Crippen molar-refractivity contribution in [1.29, 1.82) is 0 Å². The SMILES string of the molecule is CC(=O)OCC(=O)C(CC(=O)O)NC(=O)CCC(N)=O. The predicted octanol–water partition coefficient (Wildman–Crippen LogP) is -1.66. The van der Waals surface area contributed by atoms with E-state index in [2.05, 4.69) is 10.1 Å². The highest BCUT2D eigenvalue weighted by Crippen LogP contribution is 1.98. The Morgan fingerprint density at radius 2 is 1.80 bits per heavy atom. The number of hydrogen-bond acceptors (Lipinski definition) is 6. The molecule has 0 aromatic rings. The Kier molecular flexibility index (Phi) is 7.56. The van der Waals surface area contributed by atoms with Crippen LogP contribution in [0.5, 0.6) is 0 Å². The van der Waals surface area contributed by atoms with E-state index in [1.165, 1.54) is 0 Å². The third kappa shape index (κ3) is 8.61. The van der Waals surface area contributed by atoms with Crippen LogP contribution >= 0.6 is 0 Å². The lowest BCUT2D eigenvalue weighted by atomic mass is 10.1. The lowest BCUT2D eigenvalue weighted by molar-refractivity contribution is -0.147. The van der Waals surface area contributed by atoms with Gasteiger partial charge >= 0.3 is 11.9 Å². The van der Waals surface area contributed by atoms with Crippen LogP contribution in [-0.4, -0.2) is 47.3 Å². The van der Waals surface area contributed by atoms with Gasteiger partial charge < -0.3 is 20.9 Å². The number of amides is 2. The predicted molar refractivity (Wildman–Crippen MR) is 64.3 cm³/mol. The lowest BCUT2D eigenvalue weighted by Crippen LogP contribution is -2.44. The zero-order valence-electron chi connectivity index (χ0n) is 10.9. The Morgan fingerprint density at radius 1 is 1.20 bits per heavy atom. The fraction of sp³-hybridized carbons (Fsp3) is 0.545. The Morgan fingerprint density at radius 3 is 2.25 bits per heavy atom. The number of nitrogens with two attached hydrogens (primary N) is 1. The van der Waals surface area contributed by atoms with E-state index in [1.54, 1.807) is 0 Å². The second-order valence-electron chi connectivity index (χ2n) is 3.93. The number of aliphatic carboxylic acids is 1. The number of ether oxygens (including phenoxy) is 1. The maximum Gasteiger partial charge on any atom is 0.305 e. The number of hydrogen-bond donors (Lipinski definition) is 3. The number of primary amides is 1. The summed E-state index contributed by atoms with van der Waals surface area (Å²) in [6.07, 6.45) is -1.13. The number of rotatable bonds is 9. The number of carboxylic acids is 1. The highest BCUT2D eigenvalue weighted by Gasteiger charge is 2.24. The molecule has 0 heterocycles. The molecule has 0 aliphatic carbocycles. The van der Waals surface area contributed by atoms with Crippen LogP contribution in [0.4, 0.5) is 0 Å². The minimum Gasteiger partial charge on any atom is -0.481 e. The topological polar surface area (TPSA) is 153 Å². The molecule has 112 valence electrons. The Bertz CT molecular complexity index is 419. The van der Waals surface area contributed by atoms with Crippen molar-refractivity contribution < 1.29 is 33.8 Å². The minimum absolute atomic E-state index is 0.218. The molecule has 0 spiro atoms. The third-order valence-corrected chi connectivity index (χ3v) is 2.12. The van der Waals surface area contributed by atoms with Crippen molar-refractivity contribution >= 4 is 29.5 Å². The summed E-state index contributed by atoms with van der Waals surface area (Å²) in [6.45, 7) is 0.453. The number of carboxylic acid groups (broad SMARTS) is 1. The van der Waals surface area contributed by atoms with Gasteiger partial charge in [0, 0.05) is 19.8 Å². The van der Waals surface area contributed by atoms with Crippen LogP contribution in [0.2, 0.25) is 0 Å². The molecule has 2 amide bonds. The fourth-order valence-corrected chi connectivity index (χ4v) is 1.20. The van der Waals surface area contributed by atoms with E-state index in [0.29, 0.717) is 0 Å². The quantitative estimate of drug-likeness (QED) is 0.429. The van der Waals surface area contributed by atoms with Gasteiger partial charge in [0.1, 0.15) is 6.04 Å². The van der Waals surface area contributed by atoms with Gasteiger partial charge in [-0.3, -0.25) is 24.0 Å². The van der Waals surface area contributed by atoms with Crippen molar-refractivity contribution in [3.05, 3.63) is 0 Å². The van der Waals surface area contributed by atoms with E-state index in [9.17, 15) is 24.0 Å². The number of esters is 1. The first-order valence-electron chi connectivity index (χ1n) is 5.68. The molecule has 0 saturated heterocycles. The zero-order chi connectivity index (χ0) is 15.7. The van der Waals surface area contributed by atoms with Crippen molar-refractivity contribution in [2.24, 2.45) is 5.73 Å². The molecule has 0 fully saturated rings. The molecule has 0 aromatic heterocycles. The van der Waals surface area contributed by atoms with Gasteiger partial charge in [0.15, 0.2) is 12.4 Å². The Labute approximate surface area is 114 Å². The van der Waals surface area contributed by atoms with E-state index < -0.39 is 48.6 Å². The molecule has 4 N–H and O–H groups in total. The molecule has 1 atom stereocenters. The van der Waals surface area contributed by atoms with Gasteiger partial charge in [0.2, 0.25) is 11.8 Å². The van der Waals surface area contributed by atoms with E-state index >= 15 is 0 Å². The molecule has 1 unspecified atom stereocenters. The third-order valence-electron chi connectivity index (χ3n) is 2.12. The van der Waals surface area contributed by atoms with E-state index in [4.69, 9.17) is 10.8 Å². The van der Waals surface area contributed by atoms with Crippen LogP contribution in [-0.2, 0) is 28.7 Å². The summed E-state index contributed by atoms with van der Waals surface area (Å²) in [5.41, 5.74) is 4.86. The van der Waals surface area contributed by atoms with Crippen molar-refractivity contribution in [2.45, 2.75) is 32.2 Å². The number of Topliss-reactive ketones (excluding diaryl/α,β-unsaturated/α-hetero) is 1. The minimum atomic E-state index is -1.33. The van der Waals surface area contributed by atoms with Gasteiger partial charge in [-0.05, 0) is 0 Å². The molecular weight excluding hydrogens is 272 g/mol. The average Bonchev–Trinajstić information content (AvgIpc) is 2.32. The fourth-order valence-electron chi connectivity index (χ4n) is 1.20. The highest BCUT2D eigenvalue weighted by molar-refractivity contribution is 5.94. The van der Waals surface area contributed by atoms with Gasteiger partial charge in [-0.15, -0.1) is 0 Å². The molecule has 0 aliphatic rings. The van der Waals surface area contributed by atoms with Crippen LogP contribution in [0.1, 0.15) is 26.2 Å². The summed E-state index contributed by atoms with van der Waals surface area (Å²) in [4.78, 5) is 54.7. The standard InChI is InChI=1S/C11H16N2O7/c1-6(14)20-5-8(15)7(4-11(18)19)13-10(17)3-2-9(12)16/h7H,2-5H2,1H3,(H2,12,16)(H,13,17)(H,18,19). The first-order chi connectivity index (χ1) is 9.22. The van der Waals surface area contributed by atoms with Crippen LogP contribution in [0.3, 0.4) is 0 Å². The monoisotopic (exact) mass is 288 g/mol. The molecule has 0 rings (SSSR count). The summed E-state index contributed by atoms with van der Waals surface area (Å²) >= 11 is 0. The second-order valence-corrected chi connectivity index (χ2v) is 3.93. The Balaban J connectivity index is 4.50. The van der Waals surface area contributed by atoms with Crippen LogP contribution in [0.25, 0.3) is 0 Å². The van der Waals surface area contributed by atoms with Crippen LogP contribution in [0, 0.1) is 0 Å². The van der Waals surface area contributed by atoms with Gasteiger partial charge in [0.25, 0.3) is 0 Å². The molecule has 0 bridgehead atoms. The number of nitrogens with one attached hydrogen (secondary N) is 1. The summed E-state index contributed by atoms with van der Waals surface area (Å²) in [6, 6.07) is -1.33. The van der Waals surface area contributed by atoms with E-state index in [1.807, 2.05) is 0 Å². The number of carbonyl (C=O) groups excluding carboxylic acids is 4. The van der Waals surface area contributed by atoms with E-state index in [0.717, 1.165) is 6.92 Å². The normalized spacial score (nSPS) is 11.2. The number of carbonyl (C=O) groups is 5. The Hall–Kier alpha value is -2.45. The summed E-state index contributed by atoms with van der Waals surface area (Å²) in [5.74, 6) is -4.14. The van der Waals surface area contributed by atoms with Gasteiger partial charge in [-0.25, -0.2) is 0 Å². The first-order valence-corrected chi connectivity index (χ1v) is 5.68. The summed E-state index contributed by atoms with van der Waals surface area (Å²) < 4.78 is 4.44. The molecule has 0 aromatic carbocycles. The van der Waals surface area contributed by atoms with Crippen LogP contribution < -0.4 is 11.1 Å². The van der Waals surface area contributed by atoms with Crippen molar-refractivity contribution in [1.82, 2.24) is 5.32 Å². The summed E-state index contributed by atoms with van der Waals surface area (Å²) in [5, 5.41) is 10.8. The van der Waals surface area contributed by atoms with Crippen molar-refractivity contribution in [2.75, 3.05) is 6.61 Å². The van der Waals surface area contributed by atoms with Crippen LogP contribution in [0.15, 0.2) is 0 Å². The van der Waals surface area contributed by atoms with Gasteiger partial charge in [-0.2, -0.15) is 0 Å². The van der Waals surface area contributed by atoms with Gasteiger partial charge in [-0.1, -0.05) is 0 Å². The number of ketones is 1. The maximum atomic E-state index is 11.6. The first kappa shape index (κ1) is 17.6. The average molecular weight is 288 g/mol. The highest BCUT2D eigenvalue weighted by atomic mass is 16.5.